The fourth-order valence-electron chi connectivity index (χ4n) is 2.91. The molecule has 1 heterocycles. The zero-order valence-corrected chi connectivity index (χ0v) is 16.0. The number of carbonyl (C=O) groups is 2. The molecule has 7 heteroatoms. The van der Waals surface area contributed by atoms with Crippen LogP contribution in [0.5, 0.6) is 0 Å². The number of aromatic amines is 1. The van der Waals surface area contributed by atoms with Gasteiger partial charge in [-0.1, -0.05) is 35.9 Å². The van der Waals surface area contributed by atoms with Gasteiger partial charge >= 0.3 is 6.03 Å². The summed E-state index contributed by atoms with van der Waals surface area (Å²) in [6, 6.07) is 22.8. The highest BCUT2D eigenvalue weighted by Gasteiger charge is 2.11. The summed E-state index contributed by atoms with van der Waals surface area (Å²) in [5.41, 5.74) is 3.05. The predicted octanol–water partition coefficient (Wildman–Crippen LogP) is 5.72. The zero-order valence-electron chi connectivity index (χ0n) is 15.2. The number of amides is 3. The van der Waals surface area contributed by atoms with E-state index in [-0.39, 0.29) is 11.9 Å². The van der Waals surface area contributed by atoms with Crippen LogP contribution in [0.25, 0.3) is 10.9 Å². The molecule has 1 aromatic heterocycles. The van der Waals surface area contributed by atoms with Gasteiger partial charge in [0.25, 0.3) is 5.91 Å². The van der Waals surface area contributed by atoms with E-state index in [9.17, 15) is 9.59 Å². The molecule has 0 fully saturated rings. The van der Waals surface area contributed by atoms with Gasteiger partial charge in [0.05, 0.1) is 0 Å². The van der Waals surface area contributed by atoms with Crippen LogP contribution in [-0.4, -0.2) is 16.9 Å². The molecule has 0 radical (unpaired) electrons. The quantitative estimate of drug-likeness (QED) is 0.350. The molecule has 4 aromatic rings. The summed E-state index contributed by atoms with van der Waals surface area (Å²) >= 11 is 5.99. The Morgan fingerprint density at radius 1 is 0.724 bits per heavy atom. The Kier molecular flexibility index (Phi) is 5.18. The first-order valence-electron chi connectivity index (χ1n) is 8.89. The Morgan fingerprint density at radius 3 is 2.21 bits per heavy atom. The average Bonchev–Trinajstić information content (AvgIpc) is 3.12. The van der Waals surface area contributed by atoms with E-state index in [1.54, 1.807) is 54.6 Å². The minimum absolute atomic E-state index is 0.289. The number of H-pyrrole nitrogens is 1. The molecule has 0 atom stereocenters. The lowest BCUT2D eigenvalue weighted by molar-refractivity contribution is 0.102. The van der Waals surface area contributed by atoms with Crippen molar-refractivity contribution in [2.45, 2.75) is 0 Å². The summed E-state index contributed by atoms with van der Waals surface area (Å²) in [5, 5.41) is 9.78. The van der Waals surface area contributed by atoms with E-state index in [0.717, 1.165) is 10.9 Å². The third-order valence-electron chi connectivity index (χ3n) is 4.24. The molecule has 0 bridgehead atoms. The van der Waals surface area contributed by atoms with Gasteiger partial charge in [-0.3, -0.25) is 4.79 Å². The minimum Gasteiger partial charge on any atom is -0.351 e. The van der Waals surface area contributed by atoms with E-state index in [0.29, 0.717) is 27.8 Å². The largest absolute Gasteiger partial charge is 0.351 e. The number of para-hydroxylation sites is 1. The molecule has 29 heavy (non-hydrogen) atoms. The number of benzene rings is 3. The number of hydrogen-bond acceptors (Lipinski definition) is 2. The molecule has 0 aliphatic rings. The Hall–Kier alpha value is -3.77. The van der Waals surface area contributed by atoms with Crippen molar-refractivity contribution in [1.29, 1.82) is 0 Å². The smallest absolute Gasteiger partial charge is 0.323 e. The van der Waals surface area contributed by atoms with Gasteiger partial charge in [0.15, 0.2) is 0 Å². The van der Waals surface area contributed by atoms with Gasteiger partial charge in [0, 0.05) is 33.0 Å². The molecule has 0 spiro atoms. The number of nitrogens with one attached hydrogen (secondary N) is 4. The van der Waals surface area contributed by atoms with Crippen molar-refractivity contribution < 1.29 is 9.59 Å². The Balaban J connectivity index is 1.43. The topological polar surface area (TPSA) is 86.0 Å². The highest BCUT2D eigenvalue weighted by molar-refractivity contribution is 6.31. The fraction of sp³-hybridized carbons (Fsp3) is 0. The second kappa shape index (κ2) is 8.08. The molecular formula is C22H17ClN4O2. The van der Waals surface area contributed by atoms with Crippen LogP contribution in [0.4, 0.5) is 21.9 Å². The van der Waals surface area contributed by atoms with Crippen LogP contribution in [0.15, 0.2) is 78.9 Å². The van der Waals surface area contributed by atoms with E-state index in [2.05, 4.69) is 20.9 Å². The number of fused-ring (bicyclic) bond motifs is 1. The normalized spacial score (nSPS) is 10.5. The van der Waals surface area contributed by atoms with Crippen LogP contribution >= 0.6 is 11.6 Å². The van der Waals surface area contributed by atoms with Crippen LogP contribution in [0, 0.1) is 0 Å². The number of urea groups is 1. The lowest BCUT2D eigenvalue weighted by atomic mass is 10.2. The second-order valence-electron chi connectivity index (χ2n) is 6.39. The summed E-state index contributed by atoms with van der Waals surface area (Å²) in [6.45, 7) is 0. The van der Waals surface area contributed by atoms with Crippen molar-refractivity contribution in [3.63, 3.8) is 0 Å². The maximum absolute atomic E-state index is 12.6. The number of rotatable bonds is 4. The molecule has 0 unspecified atom stereocenters. The maximum Gasteiger partial charge on any atom is 0.323 e. The highest BCUT2D eigenvalue weighted by atomic mass is 35.5. The molecule has 0 saturated heterocycles. The minimum atomic E-state index is -0.368. The average molecular weight is 405 g/mol. The number of anilines is 3. The Bertz CT molecular complexity index is 1190. The Morgan fingerprint density at radius 2 is 1.41 bits per heavy atom. The van der Waals surface area contributed by atoms with Crippen molar-refractivity contribution in [1.82, 2.24) is 4.98 Å². The number of hydrogen-bond donors (Lipinski definition) is 4. The third kappa shape index (κ3) is 4.56. The van der Waals surface area contributed by atoms with Crippen LogP contribution in [0.1, 0.15) is 10.5 Å². The molecule has 0 aliphatic heterocycles. The summed E-state index contributed by atoms with van der Waals surface area (Å²) in [5.74, 6) is -0.289. The van der Waals surface area contributed by atoms with E-state index in [4.69, 9.17) is 11.6 Å². The third-order valence-corrected chi connectivity index (χ3v) is 4.47. The van der Waals surface area contributed by atoms with Gasteiger partial charge in [-0.2, -0.15) is 0 Å². The van der Waals surface area contributed by atoms with Gasteiger partial charge < -0.3 is 20.9 Å². The van der Waals surface area contributed by atoms with Crippen LogP contribution < -0.4 is 16.0 Å². The van der Waals surface area contributed by atoms with Crippen molar-refractivity contribution >= 4 is 51.5 Å². The SMILES string of the molecule is O=C(Nc1ccccc1)Nc1cccc(NC(=O)c2cc3cc(Cl)ccc3[nH]2)c1. The predicted molar refractivity (Wildman–Crippen MR) is 117 cm³/mol. The maximum atomic E-state index is 12.6. The number of carbonyl (C=O) groups excluding carboxylic acids is 2. The number of aromatic nitrogens is 1. The van der Waals surface area contributed by atoms with Gasteiger partial charge in [-0.25, -0.2) is 4.79 Å². The zero-order chi connectivity index (χ0) is 20.2. The Labute approximate surface area is 171 Å². The van der Waals surface area contributed by atoms with Crippen LogP contribution in [0.2, 0.25) is 5.02 Å². The summed E-state index contributed by atoms with van der Waals surface area (Å²) in [6.07, 6.45) is 0. The van der Waals surface area contributed by atoms with Gasteiger partial charge in [-0.15, -0.1) is 0 Å². The van der Waals surface area contributed by atoms with Crippen molar-refractivity contribution in [2.75, 3.05) is 16.0 Å². The molecular weight excluding hydrogens is 388 g/mol. The van der Waals surface area contributed by atoms with Crippen LogP contribution in [0.3, 0.4) is 0 Å². The number of halogens is 1. The molecule has 4 rings (SSSR count). The molecule has 6 nitrogen and oxygen atoms in total. The molecule has 144 valence electrons. The molecule has 4 N–H and O–H groups in total. The summed E-state index contributed by atoms with van der Waals surface area (Å²) in [7, 11) is 0. The first-order chi connectivity index (χ1) is 14.1. The summed E-state index contributed by atoms with van der Waals surface area (Å²) in [4.78, 5) is 27.8. The van der Waals surface area contributed by atoms with E-state index in [1.165, 1.54) is 0 Å². The first-order valence-corrected chi connectivity index (χ1v) is 9.27. The van der Waals surface area contributed by atoms with Crippen molar-refractivity contribution in [2.24, 2.45) is 0 Å². The van der Waals surface area contributed by atoms with E-state index >= 15 is 0 Å². The van der Waals surface area contributed by atoms with Gasteiger partial charge in [-0.05, 0) is 54.6 Å². The van der Waals surface area contributed by atoms with Gasteiger partial charge in [0.2, 0.25) is 0 Å². The molecule has 3 aromatic carbocycles. The first kappa shape index (κ1) is 18.6. The van der Waals surface area contributed by atoms with E-state index < -0.39 is 0 Å². The standard InChI is InChI=1S/C22H17ClN4O2/c23-15-9-10-19-14(11-15)12-20(27-19)21(28)24-17-7-4-8-18(13-17)26-22(29)25-16-5-2-1-3-6-16/h1-13,27H,(H,24,28)(H2,25,26,29). The van der Waals surface area contributed by atoms with Gasteiger partial charge in [0.1, 0.15) is 5.69 Å². The molecule has 3 amide bonds. The summed E-state index contributed by atoms with van der Waals surface area (Å²) < 4.78 is 0. The lowest BCUT2D eigenvalue weighted by Crippen LogP contribution is -2.19. The second-order valence-corrected chi connectivity index (χ2v) is 6.83. The monoisotopic (exact) mass is 404 g/mol. The lowest BCUT2D eigenvalue weighted by Gasteiger charge is -2.09. The highest BCUT2D eigenvalue weighted by Crippen LogP contribution is 2.21. The van der Waals surface area contributed by atoms with Crippen molar-refractivity contribution in [3.8, 4) is 0 Å². The van der Waals surface area contributed by atoms with Crippen molar-refractivity contribution in [3.05, 3.63) is 89.6 Å². The fourth-order valence-corrected chi connectivity index (χ4v) is 3.09. The molecule has 0 aliphatic carbocycles. The molecule has 0 saturated carbocycles. The van der Waals surface area contributed by atoms with Crippen LogP contribution in [-0.2, 0) is 0 Å². The van der Waals surface area contributed by atoms with E-state index in [1.807, 2.05) is 24.3 Å².